The molecule has 3 heterocycles. The van der Waals surface area contributed by atoms with Gasteiger partial charge in [-0.2, -0.15) is 0 Å². The minimum atomic E-state index is -0.412. The Hall–Kier alpha value is -2.51. The molecule has 4 rings (SSSR count). The quantitative estimate of drug-likeness (QED) is 0.831. The van der Waals surface area contributed by atoms with Crippen molar-refractivity contribution in [3.63, 3.8) is 0 Å². The van der Waals surface area contributed by atoms with Gasteiger partial charge < -0.3 is 15.4 Å². The van der Waals surface area contributed by atoms with Gasteiger partial charge in [-0.25, -0.2) is 4.39 Å². The van der Waals surface area contributed by atoms with Crippen molar-refractivity contribution in [1.29, 1.82) is 0 Å². The van der Waals surface area contributed by atoms with Crippen molar-refractivity contribution < 1.29 is 13.9 Å². The summed E-state index contributed by atoms with van der Waals surface area (Å²) in [5, 5.41) is 6.44. The Morgan fingerprint density at radius 2 is 1.97 bits per heavy atom. The summed E-state index contributed by atoms with van der Waals surface area (Å²) < 4.78 is 20.8. The van der Waals surface area contributed by atoms with Crippen LogP contribution in [0, 0.1) is 12.7 Å². The lowest BCUT2D eigenvalue weighted by Crippen LogP contribution is -2.60. The second kappa shape index (κ2) is 8.08. The van der Waals surface area contributed by atoms with Gasteiger partial charge in [-0.05, 0) is 81.6 Å². The molecule has 0 aliphatic carbocycles. The maximum Gasteiger partial charge on any atom is 0.268 e. The first-order valence-corrected chi connectivity index (χ1v) is 10.1. The Balaban J connectivity index is 1.63. The number of aryl methyl sites for hydroxylation is 1. The van der Waals surface area contributed by atoms with Gasteiger partial charge in [-0.1, -0.05) is 0 Å². The van der Waals surface area contributed by atoms with E-state index in [1.165, 1.54) is 28.8 Å². The fourth-order valence-electron chi connectivity index (χ4n) is 4.41. The van der Waals surface area contributed by atoms with E-state index in [1.807, 2.05) is 0 Å². The number of carbonyl (C=O) groups excluding carboxylic acids is 1. The van der Waals surface area contributed by atoms with Crippen LogP contribution < -0.4 is 16.2 Å². The Morgan fingerprint density at radius 3 is 2.69 bits per heavy atom. The Kier molecular flexibility index (Phi) is 5.52. The van der Waals surface area contributed by atoms with Crippen molar-refractivity contribution in [2.75, 3.05) is 19.7 Å². The first-order chi connectivity index (χ1) is 14.0. The highest BCUT2D eigenvalue weighted by atomic mass is 19.1. The van der Waals surface area contributed by atoms with Crippen LogP contribution in [-0.4, -0.2) is 41.8 Å². The van der Waals surface area contributed by atoms with E-state index in [9.17, 15) is 14.0 Å². The van der Waals surface area contributed by atoms with Crippen molar-refractivity contribution in [3.8, 4) is 5.69 Å². The third-order valence-electron chi connectivity index (χ3n) is 6.05. The molecular formula is C22H26FN3O3. The summed E-state index contributed by atoms with van der Waals surface area (Å²) in [5.74, 6) is -0.756. The summed E-state index contributed by atoms with van der Waals surface area (Å²) in [4.78, 5) is 26.3. The molecule has 2 aromatic rings. The van der Waals surface area contributed by atoms with Crippen LogP contribution in [0.5, 0.6) is 0 Å². The Morgan fingerprint density at radius 1 is 1.24 bits per heavy atom. The topological polar surface area (TPSA) is 72.4 Å². The number of amides is 1. The minimum absolute atomic E-state index is 0.117. The number of ether oxygens (including phenoxy) is 1. The second-order valence-electron chi connectivity index (χ2n) is 7.86. The number of benzene rings is 1. The third-order valence-corrected chi connectivity index (χ3v) is 6.05. The summed E-state index contributed by atoms with van der Waals surface area (Å²) in [6, 6.07) is 7.24. The summed E-state index contributed by atoms with van der Waals surface area (Å²) >= 11 is 0. The lowest BCUT2D eigenvalue weighted by Gasteiger charge is -2.46. The molecule has 1 spiro atoms. The molecule has 0 saturated carbocycles. The average Bonchev–Trinajstić information content (AvgIpc) is 2.72. The summed E-state index contributed by atoms with van der Waals surface area (Å²) in [6.45, 7) is 4.17. The lowest BCUT2D eigenvalue weighted by atomic mass is 9.80. The van der Waals surface area contributed by atoms with E-state index in [1.54, 1.807) is 19.2 Å². The van der Waals surface area contributed by atoms with Gasteiger partial charge in [0.25, 0.3) is 11.5 Å². The number of rotatable bonds is 3. The van der Waals surface area contributed by atoms with Crippen molar-refractivity contribution >= 4 is 5.91 Å². The molecule has 2 aliphatic rings. The van der Waals surface area contributed by atoms with Gasteiger partial charge >= 0.3 is 0 Å². The summed E-state index contributed by atoms with van der Waals surface area (Å²) in [6.07, 6.45) is 5.01. The Bertz CT molecular complexity index is 941. The molecule has 1 atom stereocenters. The zero-order chi connectivity index (χ0) is 20.4. The molecule has 6 nitrogen and oxygen atoms in total. The van der Waals surface area contributed by atoms with Crippen LogP contribution in [0.3, 0.4) is 0 Å². The molecule has 1 unspecified atom stereocenters. The molecular weight excluding hydrogens is 373 g/mol. The number of piperidine rings is 1. The van der Waals surface area contributed by atoms with Gasteiger partial charge in [0.2, 0.25) is 0 Å². The highest BCUT2D eigenvalue weighted by Crippen LogP contribution is 2.33. The SMILES string of the molecule is Cc1ccn(-c2ccc(F)cc2)c(=O)c1C(=O)NC1CCCOC12CCNCC2. The number of carbonyl (C=O) groups is 1. The molecule has 1 aromatic carbocycles. The van der Waals surface area contributed by atoms with Crippen LogP contribution in [0.2, 0.25) is 0 Å². The van der Waals surface area contributed by atoms with E-state index < -0.39 is 5.56 Å². The van der Waals surface area contributed by atoms with Crippen LogP contribution in [0.15, 0.2) is 41.3 Å². The number of pyridine rings is 1. The lowest BCUT2D eigenvalue weighted by molar-refractivity contribution is -0.114. The Labute approximate surface area is 169 Å². The molecule has 2 saturated heterocycles. The molecule has 7 heteroatoms. The van der Waals surface area contributed by atoms with Crippen LogP contribution in [0.1, 0.15) is 41.6 Å². The molecule has 1 amide bonds. The number of nitrogens with zero attached hydrogens (tertiary/aromatic N) is 1. The van der Waals surface area contributed by atoms with E-state index >= 15 is 0 Å². The largest absolute Gasteiger partial charge is 0.373 e. The zero-order valence-corrected chi connectivity index (χ0v) is 16.5. The molecule has 29 heavy (non-hydrogen) atoms. The fourth-order valence-corrected chi connectivity index (χ4v) is 4.41. The fraction of sp³-hybridized carbons (Fsp3) is 0.455. The molecule has 154 valence electrons. The van der Waals surface area contributed by atoms with Crippen molar-refractivity contribution in [2.24, 2.45) is 0 Å². The standard InChI is InChI=1S/C22H26FN3O3/c1-15-8-13-26(17-6-4-16(23)5-7-17)21(28)19(15)20(27)25-18-3-2-14-29-22(18)9-11-24-12-10-22/h4-8,13,18,24H,2-3,9-12,14H2,1H3,(H,25,27). The molecule has 2 aliphatic heterocycles. The van der Waals surface area contributed by atoms with E-state index in [4.69, 9.17) is 4.74 Å². The molecule has 0 radical (unpaired) electrons. The van der Waals surface area contributed by atoms with Crippen LogP contribution in [-0.2, 0) is 4.74 Å². The first-order valence-electron chi connectivity index (χ1n) is 10.1. The minimum Gasteiger partial charge on any atom is -0.373 e. The van der Waals surface area contributed by atoms with Crippen molar-refractivity contribution in [3.05, 3.63) is 63.8 Å². The highest BCUT2D eigenvalue weighted by molar-refractivity contribution is 5.95. The molecule has 2 N–H and O–H groups in total. The van der Waals surface area contributed by atoms with Gasteiger partial charge in [0.1, 0.15) is 11.4 Å². The highest BCUT2D eigenvalue weighted by Gasteiger charge is 2.44. The number of aromatic nitrogens is 1. The summed E-state index contributed by atoms with van der Waals surface area (Å²) in [7, 11) is 0. The average molecular weight is 399 g/mol. The predicted molar refractivity (Wildman–Crippen MR) is 108 cm³/mol. The van der Waals surface area contributed by atoms with Gasteiger partial charge in [0.15, 0.2) is 0 Å². The van der Waals surface area contributed by atoms with Crippen molar-refractivity contribution in [2.45, 2.75) is 44.2 Å². The number of hydrogen-bond acceptors (Lipinski definition) is 4. The monoisotopic (exact) mass is 399 g/mol. The van der Waals surface area contributed by atoms with Gasteiger partial charge in [-0.3, -0.25) is 14.2 Å². The van der Waals surface area contributed by atoms with Gasteiger partial charge in [-0.15, -0.1) is 0 Å². The number of nitrogens with one attached hydrogen (secondary N) is 2. The number of hydrogen-bond donors (Lipinski definition) is 2. The zero-order valence-electron chi connectivity index (χ0n) is 16.5. The maximum absolute atomic E-state index is 13.2. The van der Waals surface area contributed by atoms with Crippen LogP contribution in [0.4, 0.5) is 4.39 Å². The second-order valence-corrected chi connectivity index (χ2v) is 7.86. The normalized spacial score (nSPS) is 21.1. The van der Waals surface area contributed by atoms with Gasteiger partial charge in [0.05, 0.1) is 11.6 Å². The number of halogens is 1. The van der Waals surface area contributed by atoms with Crippen LogP contribution >= 0.6 is 0 Å². The molecule has 0 bridgehead atoms. The van der Waals surface area contributed by atoms with Crippen molar-refractivity contribution in [1.82, 2.24) is 15.2 Å². The van der Waals surface area contributed by atoms with Crippen LogP contribution in [0.25, 0.3) is 5.69 Å². The van der Waals surface area contributed by atoms with E-state index in [0.717, 1.165) is 38.8 Å². The van der Waals surface area contributed by atoms with E-state index in [2.05, 4.69) is 10.6 Å². The third kappa shape index (κ3) is 3.84. The van der Waals surface area contributed by atoms with E-state index in [0.29, 0.717) is 17.9 Å². The van der Waals surface area contributed by atoms with E-state index in [-0.39, 0.29) is 28.9 Å². The molecule has 2 fully saturated rings. The molecule has 1 aromatic heterocycles. The smallest absolute Gasteiger partial charge is 0.268 e. The maximum atomic E-state index is 13.2. The summed E-state index contributed by atoms with van der Waals surface area (Å²) in [5.41, 5.74) is 0.470. The first kappa shape index (κ1) is 19.8. The predicted octanol–water partition coefficient (Wildman–Crippen LogP) is 2.32. The van der Waals surface area contributed by atoms with Gasteiger partial charge in [0, 0.05) is 18.5 Å².